The Morgan fingerprint density at radius 3 is 2.55 bits per heavy atom. The smallest absolute Gasteiger partial charge is 0.301 e. The summed E-state index contributed by atoms with van der Waals surface area (Å²) >= 11 is 1.09. The van der Waals surface area contributed by atoms with Crippen molar-refractivity contribution in [1.29, 1.82) is 0 Å². The number of aromatic nitrogens is 1. The van der Waals surface area contributed by atoms with Gasteiger partial charge in [0.25, 0.3) is 5.78 Å². The van der Waals surface area contributed by atoms with Gasteiger partial charge in [0.15, 0.2) is 5.13 Å². The van der Waals surface area contributed by atoms with Gasteiger partial charge < -0.3 is 9.84 Å². The van der Waals surface area contributed by atoms with Crippen molar-refractivity contribution in [3.63, 3.8) is 0 Å². The van der Waals surface area contributed by atoms with Crippen LogP contribution in [-0.2, 0) is 9.59 Å². The summed E-state index contributed by atoms with van der Waals surface area (Å²) in [6, 6.07) is 18.7. The fraction of sp³-hybridized carbons (Fsp3) is 0.0800. The van der Waals surface area contributed by atoms with E-state index >= 15 is 0 Å². The lowest BCUT2D eigenvalue weighted by atomic mass is 9.95. The topological polar surface area (TPSA) is 79.7 Å². The Bertz CT molecular complexity index is 1430. The number of ether oxygens (including phenoxy) is 1. The van der Waals surface area contributed by atoms with Crippen molar-refractivity contribution in [2.45, 2.75) is 6.04 Å². The molecule has 0 bridgehead atoms. The fourth-order valence-electron chi connectivity index (χ4n) is 3.96. The number of halogens is 1. The second-order valence-corrected chi connectivity index (χ2v) is 8.39. The number of anilines is 1. The van der Waals surface area contributed by atoms with Crippen LogP contribution in [0.4, 0.5) is 9.52 Å². The highest BCUT2D eigenvalue weighted by Crippen LogP contribution is 2.46. The summed E-state index contributed by atoms with van der Waals surface area (Å²) in [4.78, 5) is 32.2. The van der Waals surface area contributed by atoms with Crippen molar-refractivity contribution in [3.05, 3.63) is 95.3 Å². The van der Waals surface area contributed by atoms with Crippen molar-refractivity contribution in [3.8, 4) is 5.75 Å². The fourth-order valence-corrected chi connectivity index (χ4v) is 4.97. The number of benzene rings is 3. The molecular formula is C25H17FN2O4S. The molecule has 2 heterocycles. The molecular weight excluding hydrogens is 443 g/mol. The molecule has 8 heteroatoms. The minimum atomic E-state index is -0.980. The van der Waals surface area contributed by atoms with E-state index in [0.29, 0.717) is 27.1 Å². The first-order valence-corrected chi connectivity index (χ1v) is 10.9. The minimum Gasteiger partial charge on any atom is -0.507 e. The summed E-state index contributed by atoms with van der Waals surface area (Å²) < 4.78 is 19.8. The first-order chi connectivity index (χ1) is 16.0. The number of fused-ring (bicyclic) bond motifs is 1. The summed E-state index contributed by atoms with van der Waals surface area (Å²) in [5.41, 5.74) is 1.35. The number of carbonyl (C=O) groups is 2. The Morgan fingerprint density at radius 1 is 1.06 bits per heavy atom. The Kier molecular flexibility index (Phi) is 5.14. The lowest BCUT2D eigenvalue weighted by Crippen LogP contribution is -2.29. The molecule has 0 aliphatic carbocycles. The Labute approximate surface area is 192 Å². The first-order valence-electron chi connectivity index (χ1n) is 10.0. The average Bonchev–Trinajstić information content (AvgIpc) is 3.36. The second kappa shape index (κ2) is 8.14. The van der Waals surface area contributed by atoms with Gasteiger partial charge in [0, 0.05) is 11.1 Å². The number of ketones is 1. The Hall–Kier alpha value is -4.04. The number of hydrogen-bond acceptors (Lipinski definition) is 6. The van der Waals surface area contributed by atoms with Crippen LogP contribution >= 0.6 is 11.3 Å². The monoisotopic (exact) mass is 460 g/mol. The maximum absolute atomic E-state index is 13.7. The van der Waals surface area contributed by atoms with Gasteiger partial charge in [-0.05, 0) is 24.3 Å². The quantitative estimate of drug-likeness (QED) is 0.261. The highest BCUT2D eigenvalue weighted by atomic mass is 32.1. The van der Waals surface area contributed by atoms with Gasteiger partial charge in [0.2, 0.25) is 0 Å². The lowest BCUT2D eigenvalue weighted by molar-refractivity contribution is -0.132. The molecule has 0 saturated carbocycles. The molecule has 5 rings (SSSR count). The molecule has 33 heavy (non-hydrogen) atoms. The number of para-hydroxylation sites is 1. The van der Waals surface area contributed by atoms with E-state index in [1.165, 1.54) is 30.2 Å². The van der Waals surface area contributed by atoms with Crippen LogP contribution in [0.3, 0.4) is 0 Å². The predicted molar refractivity (Wildman–Crippen MR) is 124 cm³/mol. The number of amides is 1. The van der Waals surface area contributed by atoms with Crippen LogP contribution in [0.15, 0.2) is 78.4 Å². The van der Waals surface area contributed by atoms with Crippen LogP contribution in [-0.4, -0.2) is 28.9 Å². The molecule has 0 spiro atoms. The van der Waals surface area contributed by atoms with Crippen molar-refractivity contribution >= 4 is 44.1 Å². The molecule has 0 unspecified atom stereocenters. The average molecular weight is 460 g/mol. The highest BCUT2D eigenvalue weighted by molar-refractivity contribution is 7.22. The second-order valence-electron chi connectivity index (χ2n) is 7.39. The summed E-state index contributed by atoms with van der Waals surface area (Å²) in [6.07, 6.45) is 0. The zero-order valence-electron chi connectivity index (χ0n) is 17.4. The maximum Gasteiger partial charge on any atom is 0.301 e. The first kappa shape index (κ1) is 20.8. The summed E-state index contributed by atoms with van der Waals surface area (Å²) in [7, 11) is 1.49. The minimum absolute atomic E-state index is 0.0684. The van der Waals surface area contributed by atoms with E-state index in [0.717, 1.165) is 11.3 Å². The van der Waals surface area contributed by atoms with Gasteiger partial charge in [-0.15, -0.1) is 0 Å². The van der Waals surface area contributed by atoms with Gasteiger partial charge in [-0.3, -0.25) is 14.5 Å². The Balaban J connectivity index is 1.77. The van der Waals surface area contributed by atoms with Crippen LogP contribution < -0.4 is 9.64 Å². The molecule has 1 atom stereocenters. The molecule has 164 valence electrons. The predicted octanol–water partition coefficient (Wildman–Crippen LogP) is 5.07. The van der Waals surface area contributed by atoms with Gasteiger partial charge in [-0.2, -0.15) is 0 Å². The molecule has 1 fully saturated rings. The molecule has 1 aromatic heterocycles. The summed E-state index contributed by atoms with van der Waals surface area (Å²) in [5, 5.41) is 11.3. The molecule has 0 radical (unpaired) electrons. The van der Waals surface area contributed by atoms with Crippen LogP contribution in [0.5, 0.6) is 5.75 Å². The van der Waals surface area contributed by atoms with E-state index in [1.54, 1.807) is 54.6 Å². The van der Waals surface area contributed by atoms with Crippen molar-refractivity contribution < 1.29 is 23.8 Å². The normalized spacial score (nSPS) is 17.6. The maximum atomic E-state index is 13.7. The zero-order valence-corrected chi connectivity index (χ0v) is 18.2. The number of methoxy groups -OCH3 is 1. The molecule has 1 N–H and O–H groups in total. The molecule has 6 nitrogen and oxygen atoms in total. The van der Waals surface area contributed by atoms with E-state index in [9.17, 15) is 19.1 Å². The van der Waals surface area contributed by atoms with E-state index in [4.69, 9.17) is 4.74 Å². The molecule has 3 aromatic carbocycles. The molecule has 1 aliphatic rings. The number of aliphatic hydroxyl groups excluding tert-OH is 1. The molecule has 1 saturated heterocycles. The number of rotatable bonds is 4. The SMILES string of the molecule is COc1ccccc1[C@H]1C(=C(O)c2ccccc2)C(=O)C(=O)N1c1nc2ccc(F)cc2s1. The third-order valence-electron chi connectivity index (χ3n) is 5.47. The van der Waals surface area contributed by atoms with Crippen LogP contribution in [0.25, 0.3) is 16.0 Å². The highest BCUT2D eigenvalue weighted by Gasteiger charge is 2.49. The van der Waals surface area contributed by atoms with E-state index in [2.05, 4.69) is 4.98 Å². The third kappa shape index (κ3) is 3.44. The van der Waals surface area contributed by atoms with Gasteiger partial charge in [0.1, 0.15) is 23.4 Å². The number of Topliss-reactive ketones (excluding diaryl/α,β-unsaturated/α-hetero) is 1. The summed E-state index contributed by atoms with van der Waals surface area (Å²) in [6.45, 7) is 0. The van der Waals surface area contributed by atoms with Gasteiger partial charge in [-0.1, -0.05) is 59.9 Å². The van der Waals surface area contributed by atoms with Gasteiger partial charge in [0.05, 0.1) is 22.9 Å². The number of aliphatic hydroxyl groups is 1. The lowest BCUT2D eigenvalue weighted by Gasteiger charge is -2.24. The summed E-state index contributed by atoms with van der Waals surface area (Å²) in [5.74, 6) is -1.94. The van der Waals surface area contributed by atoms with E-state index in [1.807, 2.05) is 0 Å². The largest absolute Gasteiger partial charge is 0.507 e. The van der Waals surface area contributed by atoms with E-state index < -0.39 is 23.5 Å². The standard InChI is InChI=1S/C25H17FN2O4S/c1-32-18-10-6-5-9-16(18)21-20(22(29)14-7-3-2-4-8-14)23(30)24(31)28(21)25-27-17-12-11-15(26)13-19(17)33-25/h2-13,21,29H,1H3/t21-/m0/s1. The molecule has 1 aliphatic heterocycles. The van der Waals surface area contributed by atoms with Crippen LogP contribution in [0.1, 0.15) is 17.2 Å². The third-order valence-corrected chi connectivity index (χ3v) is 6.49. The Morgan fingerprint density at radius 2 is 1.79 bits per heavy atom. The number of thiazole rings is 1. The van der Waals surface area contributed by atoms with Gasteiger partial charge in [-0.25, -0.2) is 9.37 Å². The van der Waals surface area contributed by atoms with Crippen LogP contribution in [0, 0.1) is 5.82 Å². The zero-order chi connectivity index (χ0) is 23.1. The number of carbonyl (C=O) groups excluding carboxylic acids is 2. The van der Waals surface area contributed by atoms with Crippen molar-refractivity contribution in [2.24, 2.45) is 0 Å². The van der Waals surface area contributed by atoms with Crippen LogP contribution in [0.2, 0.25) is 0 Å². The van der Waals surface area contributed by atoms with Crippen molar-refractivity contribution in [1.82, 2.24) is 4.98 Å². The molecule has 4 aromatic rings. The molecule has 1 amide bonds. The number of hydrogen-bond donors (Lipinski definition) is 1. The van der Waals surface area contributed by atoms with Gasteiger partial charge >= 0.3 is 5.91 Å². The number of nitrogens with zero attached hydrogens (tertiary/aromatic N) is 2. The van der Waals surface area contributed by atoms with E-state index in [-0.39, 0.29) is 16.5 Å². The van der Waals surface area contributed by atoms with Crippen molar-refractivity contribution in [2.75, 3.05) is 12.0 Å².